The number of amides is 1. The first-order valence-corrected chi connectivity index (χ1v) is 8.49. The van der Waals surface area contributed by atoms with Crippen molar-refractivity contribution in [2.24, 2.45) is 0 Å². The maximum atomic E-state index is 11.9. The van der Waals surface area contributed by atoms with Crippen LogP contribution < -0.4 is 10.1 Å². The molecule has 0 spiro atoms. The topological polar surface area (TPSA) is 97.5 Å². The number of unbranched alkanes of at least 4 members (excludes halogenated alkanes) is 1. The van der Waals surface area contributed by atoms with Crippen molar-refractivity contribution in [2.45, 2.75) is 52.7 Å². The molecule has 7 heteroatoms. The Balaban J connectivity index is 1.96. The van der Waals surface area contributed by atoms with E-state index in [1.807, 2.05) is 6.92 Å². The highest BCUT2D eigenvalue weighted by atomic mass is 16.5. The predicted octanol–water partition coefficient (Wildman–Crippen LogP) is 2.41. The minimum Gasteiger partial charge on any atom is -0.473 e. The Bertz CT molecular complexity index is 682. The number of aryl methyl sites for hydroxylation is 2. The number of ether oxygens (including phenoxy) is 1. The first-order chi connectivity index (χ1) is 12.0. The van der Waals surface area contributed by atoms with Crippen LogP contribution in [0.4, 0.5) is 0 Å². The Morgan fingerprint density at radius 1 is 1.44 bits per heavy atom. The van der Waals surface area contributed by atoms with Crippen molar-refractivity contribution < 1.29 is 19.2 Å². The van der Waals surface area contributed by atoms with Gasteiger partial charge in [-0.2, -0.15) is 0 Å². The molecule has 136 valence electrons. The zero-order valence-electron chi connectivity index (χ0n) is 14.9. The number of nitrogens with zero attached hydrogens (tertiary/aromatic N) is 2. The monoisotopic (exact) mass is 347 g/mol. The number of rotatable bonds is 9. The normalized spacial score (nSPS) is 12.0. The van der Waals surface area contributed by atoms with Crippen LogP contribution in [0.25, 0.3) is 0 Å². The van der Waals surface area contributed by atoms with Gasteiger partial charge in [-0.3, -0.25) is 4.79 Å². The lowest BCUT2D eigenvalue weighted by Gasteiger charge is -2.11. The fraction of sp³-hybridized carbons (Fsp3) is 0.500. The first kappa shape index (κ1) is 18.9. The van der Waals surface area contributed by atoms with Crippen molar-refractivity contribution in [3.05, 3.63) is 40.9 Å². The lowest BCUT2D eigenvalue weighted by atomic mass is 10.1. The zero-order valence-corrected chi connectivity index (χ0v) is 14.9. The maximum absolute atomic E-state index is 11.9. The van der Waals surface area contributed by atoms with E-state index in [-0.39, 0.29) is 18.6 Å². The molecule has 1 amide bonds. The summed E-state index contributed by atoms with van der Waals surface area (Å²) in [4.78, 5) is 16.1. The molecule has 0 aromatic carbocycles. The lowest BCUT2D eigenvalue weighted by molar-refractivity contribution is 0.0922. The quantitative estimate of drug-likeness (QED) is 0.723. The summed E-state index contributed by atoms with van der Waals surface area (Å²) in [5, 5.41) is 15.7. The average molecular weight is 347 g/mol. The van der Waals surface area contributed by atoms with E-state index in [1.54, 1.807) is 19.1 Å². The van der Waals surface area contributed by atoms with Crippen molar-refractivity contribution >= 4 is 5.91 Å². The molecule has 0 fully saturated rings. The summed E-state index contributed by atoms with van der Waals surface area (Å²) in [6, 6.07) is 2.98. The summed E-state index contributed by atoms with van der Waals surface area (Å²) >= 11 is 0. The largest absolute Gasteiger partial charge is 0.473 e. The fourth-order valence-electron chi connectivity index (χ4n) is 2.26. The number of aromatic nitrogens is 2. The van der Waals surface area contributed by atoms with E-state index in [0.29, 0.717) is 18.1 Å². The number of nitrogens with one attached hydrogen (secondary N) is 1. The van der Waals surface area contributed by atoms with Gasteiger partial charge >= 0.3 is 0 Å². The van der Waals surface area contributed by atoms with Gasteiger partial charge in [-0.15, -0.1) is 0 Å². The average Bonchev–Trinajstić information content (AvgIpc) is 2.98. The second-order valence-corrected chi connectivity index (χ2v) is 6.00. The Labute approximate surface area is 147 Å². The van der Waals surface area contributed by atoms with Crippen LogP contribution in [0.2, 0.25) is 0 Å². The fourth-order valence-corrected chi connectivity index (χ4v) is 2.26. The third-order valence-electron chi connectivity index (χ3n) is 3.85. The molecule has 1 unspecified atom stereocenters. The summed E-state index contributed by atoms with van der Waals surface area (Å²) in [7, 11) is 0. The summed E-state index contributed by atoms with van der Waals surface area (Å²) in [6.07, 6.45) is 4.45. The second kappa shape index (κ2) is 9.17. The molecule has 0 saturated heterocycles. The molecule has 0 aliphatic heterocycles. The van der Waals surface area contributed by atoms with E-state index >= 15 is 0 Å². The summed E-state index contributed by atoms with van der Waals surface area (Å²) in [5.74, 6) is 0.895. The molecule has 0 radical (unpaired) electrons. The van der Waals surface area contributed by atoms with Crippen molar-refractivity contribution in [3.8, 4) is 5.88 Å². The van der Waals surface area contributed by atoms with Crippen molar-refractivity contribution in [1.29, 1.82) is 0 Å². The Kier molecular flexibility index (Phi) is 6.94. The Morgan fingerprint density at radius 3 is 2.88 bits per heavy atom. The van der Waals surface area contributed by atoms with Gasteiger partial charge in [0.25, 0.3) is 5.91 Å². The second-order valence-electron chi connectivity index (χ2n) is 6.00. The number of aliphatic hydroxyl groups excluding tert-OH is 1. The highest BCUT2D eigenvalue weighted by Gasteiger charge is 2.14. The van der Waals surface area contributed by atoms with Gasteiger partial charge in [-0.1, -0.05) is 18.5 Å². The number of aliphatic hydroxyl groups is 1. The first-order valence-electron chi connectivity index (χ1n) is 8.49. The van der Waals surface area contributed by atoms with Crippen LogP contribution >= 0.6 is 0 Å². The summed E-state index contributed by atoms with van der Waals surface area (Å²) in [5.41, 5.74) is 2.29. The number of carbonyl (C=O) groups excluding carboxylic acids is 1. The molecule has 2 rings (SSSR count). The standard InChI is InChI=1S/C18H25N3O4/c1-4-5-6-16-15(13(3)25-21-16)11-24-17-8-7-14(9-19-17)18(23)20-12(2)10-22/h7-9,12,22H,4-6,10-11H2,1-3H3,(H,20,23). The van der Waals surface area contributed by atoms with E-state index in [4.69, 9.17) is 14.4 Å². The minimum atomic E-state index is -0.304. The van der Waals surface area contributed by atoms with Gasteiger partial charge in [0.2, 0.25) is 5.88 Å². The number of hydrogen-bond donors (Lipinski definition) is 2. The van der Waals surface area contributed by atoms with E-state index in [1.165, 1.54) is 6.20 Å². The molecule has 2 aromatic heterocycles. The SMILES string of the molecule is CCCCc1noc(C)c1COc1ccc(C(=O)NC(C)CO)cn1. The third-order valence-corrected chi connectivity index (χ3v) is 3.85. The molecule has 7 nitrogen and oxygen atoms in total. The number of hydrogen-bond acceptors (Lipinski definition) is 6. The van der Waals surface area contributed by atoms with Gasteiger partial charge in [0.1, 0.15) is 12.4 Å². The highest BCUT2D eigenvalue weighted by molar-refractivity contribution is 5.94. The molecule has 25 heavy (non-hydrogen) atoms. The van der Waals surface area contributed by atoms with Gasteiger partial charge in [0.15, 0.2) is 0 Å². The number of pyridine rings is 1. The van der Waals surface area contributed by atoms with Crippen LogP contribution in [0, 0.1) is 6.92 Å². The molecule has 0 aliphatic carbocycles. The van der Waals surface area contributed by atoms with Gasteiger partial charge < -0.3 is 19.7 Å². The maximum Gasteiger partial charge on any atom is 0.253 e. The lowest BCUT2D eigenvalue weighted by Crippen LogP contribution is -2.35. The van der Waals surface area contributed by atoms with E-state index in [0.717, 1.165) is 36.3 Å². The smallest absolute Gasteiger partial charge is 0.253 e. The van der Waals surface area contributed by atoms with Crippen molar-refractivity contribution in [3.63, 3.8) is 0 Å². The predicted molar refractivity (Wildman–Crippen MR) is 92.4 cm³/mol. The summed E-state index contributed by atoms with van der Waals surface area (Å²) < 4.78 is 11.0. The van der Waals surface area contributed by atoms with Crippen LogP contribution in [0.3, 0.4) is 0 Å². The van der Waals surface area contributed by atoms with Crippen LogP contribution in [-0.2, 0) is 13.0 Å². The molecule has 0 aliphatic rings. The van der Waals surface area contributed by atoms with Crippen LogP contribution in [0.15, 0.2) is 22.9 Å². The molecule has 1 atom stereocenters. The molecular weight excluding hydrogens is 322 g/mol. The van der Waals surface area contributed by atoms with Crippen LogP contribution in [0.5, 0.6) is 5.88 Å². The Hall–Kier alpha value is -2.41. The van der Waals surface area contributed by atoms with E-state index < -0.39 is 0 Å². The van der Waals surface area contributed by atoms with Crippen LogP contribution in [-0.4, -0.2) is 33.8 Å². The summed E-state index contributed by atoms with van der Waals surface area (Å²) in [6.45, 7) is 5.93. The van der Waals surface area contributed by atoms with E-state index in [9.17, 15) is 4.79 Å². The minimum absolute atomic E-state index is 0.112. The molecular formula is C18H25N3O4. The zero-order chi connectivity index (χ0) is 18.2. The third kappa shape index (κ3) is 5.29. The molecule has 2 N–H and O–H groups in total. The molecule has 0 bridgehead atoms. The van der Waals surface area contributed by atoms with Gasteiger partial charge in [-0.05, 0) is 32.8 Å². The van der Waals surface area contributed by atoms with Gasteiger partial charge in [0, 0.05) is 18.3 Å². The van der Waals surface area contributed by atoms with Gasteiger partial charge in [-0.25, -0.2) is 4.98 Å². The molecule has 0 saturated carbocycles. The van der Waals surface area contributed by atoms with Crippen molar-refractivity contribution in [1.82, 2.24) is 15.5 Å². The highest BCUT2D eigenvalue weighted by Crippen LogP contribution is 2.18. The van der Waals surface area contributed by atoms with Crippen molar-refractivity contribution in [2.75, 3.05) is 6.61 Å². The molecule has 2 heterocycles. The van der Waals surface area contributed by atoms with Gasteiger partial charge in [0.05, 0.1) is 23.4 Å². The Morgan fingerprint density at radius 2 is 2.24 bits per heavy atom. The van der Waals surface area contributed by atoms with Crippen LogP contribution in [0.1, 0.15) is 54.1 Å². The molecule has 2 aromatic rings. The number of carbonyl (C=O) groups is 1. The van der Waals surface area contributed by atoms with E-state index in [2.05, 4.69) is 22.4 Å².